The summed E-state index contributed by atoms with van der Waals surface area (Å²) in [7, 11) is 0. The summed E-state index contributed by atoms with van der Waals surface area (Å²) in [6.45, 7) is 3.41. The first-order chi connectivity index (χ1) is 14.1. The van der Waals surface area contributed by atoms with E-state index in [0.717, 1.165) is 23.4 Å². The van der Waals surface area contributed by atoms with Gasteiger partial charge in [0.05, 0.1) is 10.9 Å². The van der Waals surface area contributed by atoms with Gasteiger partial charge in [-0.3, -0.25) is 4.79 Å². The predicted octanol–water partition coefficient (Wildman–Crippen LogP) is 6.24. The molecule has 0 aliphatic rings. The van der Waals surface area contributed by atoms with Crippen molar-refractivity contribution in [2.45, 2.75) is 30.4 Å². The fourth-order valence-corrected chi connectivity index (χ4v) is 3.47. The summed E-state index contributed by atoms with van der Waals surface area (Å²) in [4.78, 5) is 20.3. The number of alkyl halides is 3. The largest absolute Gasteiger partial charge is 0.433 e. The van der Waals surface area contributed by atoms with Gasteiger partial charge in [0.2, 0.25) is 5.91 Å². The second kappa shape index (κ2) is 9.06. The minimum absolute atomic E-state index is 0.131. The molecule has 1 atom stereocenters. The SMILES string of the molecule is Cc1ccc(NC(=O)[C@@H](C)Sc2nc(-c3ccccc3)cc(C(F)(F)F)n2)cc1Cl. The Kier molecular flexibility index (Phi) is 6.67. The molecular weight excluding hydrogens is 435 g/mol. The molecule has 3 aromatic rings. The van der Waals surface area contributed by atoms with E-state index in [1.165, 1.54) is 0 Å². The van der Waals surface area contributed by atoms with Gasteiger partial charge in [-0.2, -0.15) is 13.2 Å². The van der Waals surface area contributed by atoms with Crippen LogP contribution in [0.5, 0.6) is 0 Å². The quantitative estimate of drug-likeness (QED) is 0.368. The number of amides is 1. The third-order valence-electron chi connectivity index (χ3n) is 4.16. The average Bonchev–Trinajstić information content (AvgIpc) is 2.70. The van der Waals surface area contributed by atoms with Crippen molar-refractivity contribution in [1.82, 2.24) is 9.97 Å². The third-order valence-corrected chi connectivity index (χ3v) is 5.52. The molecule has 156 valence electrons. The van der Waals surface area contributed by atoms with Crippen LogP contribution in [-0.4, -0.2) is 21.1 Å². The third kappa shape index (κ3) is 5.52. The van der Waals surface area contributed by atoms with Gasteiger partial charge in [-0.25, -0.2) is 9.97 Å². The summed E-state index contributed by atoms with van der Waals surface area (Å²) in [6, 6.07) is 14.5. The van der Waals surface area contributed by atoms with E-state index < -0.39 is 23.0 Å². The van der Waals surface area contributed by atoms with Gasteiger partial charge in [0, 0.05) is 16.3 Å². The first kappa shape index (κ1) is 22.1. The van der Waals surface area contributed by atoms with E-state index in [1.807, 2.05) is 6.92 Å². The van der Waals surface area contributed by atoms with Gasteiger partial charge in [0.15, 0.2) is 5.16 Å². The predicted molar refractivity (Wildman–Crippen MR) is 113 cm³/mol. The van der Waals surface area contributed by atoms with Crippen LogP contribution in [0.25, 0.3) is 11.3 Å². The summed E-state index contributed by atoms with van der Waals surface area (Å²) in [5.41, 5.74) is 0.967. The number of aryl methyl sites for hydroxylation is 1. The van der Waals surface area contributed by atoms with E-state index in [1.54, 1.807) is 55.5 Å². The normalized spacial score (nSPS) is 12.5. The molecule has 2 aromatic carbocycles. The standard InChI is InChI=1S/C21H17ClF3N3OS/c1-12-8-9-15(10-16(12)22)26-19(29)13(2)30-20-27-17(14-6-4-3-5-7-14)11-18(28-20)21(23,24)25/h3-11,13H,1-2H3,(H,26,29)/t13-/m1/s1. The van der Waals surface area contributed by atoms with E-state index in [9.17, 15) is 18.0 Å². The van der Waals surface area contributed by atoms with Gasteiger partial charge in [0.1, 0.15) is 5.69 Å². The number of carbonyl (C=O) groups is 1. The van der Waals surface area contributed by atoms with Crippen LogP contribution in [0.15, 0.2) is 59.8 Å². The molecule has 1 aromatic heterocycles. The first-order valence-corrected chi connectivity index (χ1v) is 10.1. The summed E-state index contributed by atoms with van der Waals surface area (Å²) >= 11 is 6.91. The number of benzene rings is 2. The van der Waals surface area contributed by atoms with E-state index >= 15 is 0 Å². The van der Waals surface area contributed by atoms with Crippen molar-refractivity contribution in [3.8, 4) is 11.3 Å². The molecule has 0 aliphatic carbocycles. The molecule has 30 heavy (non-hydrogen) atoms. The Balaban J connectivity index is 1.83. The number of carbonyl (C=O) groups excluding carboxylic acids is 1. The number of nitrogens with one attached hydrogen (secondary N) is 1. The van der Waals surface area contributed by atoms with Gasteiger partial charge in [-0.05, 0) is 37.6 Å². The summed E-state index contributed by atoms with van der Waals surface area (Å²) in [6.07, 6.45) is -4.63. The number of thioether (sulfide) groups is 1. The lowest BCUT2D eigenvalue weighted by atomic mass is 10.1. The van der Waals surface area contributed by atoms with Crippen molar-refractivity contribution in [2.24, 2.45) is 0 Å². The number of hydrogen-bond acceptors (Lipinski definition) is 4. The molecular formula is C21H17ClF3N3OS. The number of hydrogen-bond donors (Lipinski definition) is 1. The lowest BCUT2D eigenvalue weighted by Crippen LogP contribution is -2.23. The number of halogens is 4. The second-order valence-corrected chi connectivity index (χ2v) is 8.21. The van der Waals surface area contributed by atoms with E-state index in [-0.39, 0.29) is 10.9 Å². The lowest BCUT2D eigenvalue weighted by Gasteiger charge is -2.14. The highest BCUT2D eigenvalue weighted by atomic mass is 35.5. The molecule has 0 radical (unpaired) electrons. The molecule has 1 heterocycles. The molecule has 0 fully saturated rings. The zero-order chi connectivity index (χ0) is 21.9. The molecule has 1 amide bonds. The Bertz CT molecular complexity index is 1060. The highest BCUT2D eigenvalue weighted by Gasteiger charge is 2.34. The zero-order valence-electron chi connectivity index (χ0n) is 16.0. The molecule has 4 nitrogen and oxygen atoms in total. The van der Waals surface area contributed by atoms with Gasteiger partial charge in [-0.1, -0.05) is 59.8 Å². The molecule has 3 rings (SSSR count). The molecule has 1 N–H and O–H groups in total. The molecule has 0 unspecified atom stereocenters. The Morgan fingerprint density at radius 3 is 2.43 bits per heavy atom. The molecule has 0 saturated heterocycles. The number of anilines is 1. The number of nitrogens with zero attached hydrogens (tertiary/aromatic N) is 2. The van der Waals surface area contributed by atoms with Gasteiger partial charge in [-0.15, -0.1) is 0 Å². The molecule has 0 saturated carbocycles. The van der Waals surface area contributed by atoms with E-state index in [2.05, 4.69) is 15.3 Å². The topological polar surface area (TPSA) is 54.9 Å². The van der Waals surface area contributed by atoms with Crippen molar-refractivity contribution in [3.05, 3.63) is 70.9 Å². The van der Waals surface area contributed by atoms with E-state index in [4.69, 9.17) is 11.6 Å². The van der Waals surface area contributed by atoms with Gasteiger partial charge < -0.3 is 5.32 Å². The van der Waals surface area contributed by atoms with Crippen molar-refractivity contribution in [3.63, 3.8) is 0 Å². The van der Waals surface area contributed by atoms with Crippen LogP contribution in [0.1, 0.15) is 18.2 Å². The Morgan fingerprint density at radius 1 is 1.10 bits per heavy atom. The molecule has 9 heteroatoms. The molecule has 0 spiro atoms. The van der Waals surface area contributed by atoms with Crippen LogP contribution in [0.4, 0.5) is 18.9 Å². The lowest BCUT2D eigenvalue weighted by molar-refractivity contribution is -0.141. The van der Waals surface area contributed by atoms with Crippen molar-refractivity contribution >= 4 is 35.0 Å². The minimum Gasteiger partial charge on any atom is -0.325 e. The van der Waals surface area contributed by atoms with E-state index in [0.29, 0.717) is 16.3 Å². The summed E-state index contributed by atoms with van der Waals surface area (Å²) < 4.78 is 40.0. The van der Waals surface area contributed by atoms with Crippen LogP contribution in [0.3, 0.4) is 0 Å². The summed E-state index contributed by atoms with van der Waals surface area (Å²) in [5, 5.41) is 2.33. The maximum Gasteiger partial charge on any atom is 0.433 e. The van der Waals surface area contributed by atoms with Crippen molar-refractivity contribution in [1.29, 1.82) is 0 Å². The maximum absolute atomic E-state index is 13.3. The average molecular weight is 452 g/mol. The van der Waals surface area contributed by atoms with Gasteiger partial charge >= 0.3 is 6.18 Å². The smallest absolute Gasteiger partial charge is 0.325 e. The van der Waals surface area contributed by atoms with Crippen molar-refractivity contribution in [2.75, 3.05) is 5.32 Å². The highest BCUT2D eigenvalue weighted by Crippen LogP contribution is 2.33. The van der Waals surface area contributed by atoms with Crippen LogP contribution in [-0.2, 0) is 11.0 Å². The fourth-order valence-electron chi connectivity index (χ4n) is 2.51. The van der Waals surface area contributed by atoms with Crippen LogP contribution in [0, 0.1) is 6.92 Å². The Labute approximate surface area is 180 Å². The monoisotopic (exact) mass is 451 g/mol. The maximum atomic E-state index is 13.3. The highest BCUT2D eigenvalue weighted by molar-refractivity contribution is 8.00. The molecule has 0 bridgehead atoms. The van der Waals surface area contributed by atoms with Crippen LogP contribution in [0.2, 0.25) is 5.02 Å². The minimum atomic E-state index is -4.63. The Hall–Kier alpha value is -2.58. The zero-order valence-corrected chi connectivity index (χ0v) is 17.6. The van der Waals surface area contributed by atoms with Crippen molar-refractivity contribution < 1.29 is 18.0 Å². The van der Waals surface area contributed by atoms with Gasteiger partial charge in [0.25, 0.3) is 0 Å². The second-order valence-electron chi connectivity index (χ2n) is 6.50. The first-order valence-electron chi connectivity index (χ1n) is 8.89. The van der Waals surface area contributed by atoms with Crippen LogP contribution >= 0.6 is 23.4 Å². The fraction of sp³-hybridized carbons (Fsp3) is 0.190. The van der Waals surface area contributed by atoms with Crippen LogP contribution < -0.4 is 5.32 Å². The number of aromatic nitrogens is 2. The molecule has 0 aliphatic heterocycles. The number of rotatable bonds is 5. The Morgan fingerprint density at radius 2 is 1.80 bits per heavy atom. The summed E-state index contributed by atoms with van der Waals surface area (Å²) in [5.74, 6) is -0.401.